The summed E-state index contributed by atoms with van der Waals surface area (Å²) >= 11 is 0. The van der Waals surface area contributed by atoms with Crippen molar-refractivity contribution in [3.63, 3.8) is 0 Å². The average Bonchev–Trinajstić information content (AvgIpc) is 2.82. The summed E-state index contributed by atoms with van der Waals surface area (Å²) in [6.07, 6.45) is 0.894. The Bertz CT molecular complexity index is 861. The van der Waals surface area contributed by atoms with Crippen molar-refractivity contribution in [2.45, 2.75) is 11.3 Å². The van der Waals surface area contributed by atoms with Crippen LogP contribution in [0.3, 0.4) is 0 Å². The molecule has 0 saturated carbocycles. The molecule has 0 atom stereocenters. The average molecular weight is 330 g/mol. The van der Waals surface area contributed by atoms with E-state index in [1.54, 1.807) is 24.3 Å². The molecule has 2 aromatic carbocycles. The van der Waals surface area contributed by atoms with Gasteiger partial charge >= 0.3 is 0 Å². The second-order valence-corrected chi connectivity index (χ2v) is 7.21. The molecule has 0 unspecified atom stereocenters. The molecule has 0 spiro atoms. The number of nitrogens with zero attached hydrogens (tertiary/aromatic N) is 2. The van der Waals surface area contributed by atoms with Crippen LogP contribution in [-0.4, -0.2) is 26.5 Å². The molecular weight excluding hydrogens is 316 g/mol. The molecule has 1 heterocycles. The molecule has 23 heavy (non-hydrogen) atoms. The van der Waals surface area contributed by atoms with Gasteiger partial charge in [-0.25, -0.2) is 18.4 Å². The predicted molar refractivity (Wildman–Crippen MR) is 85.6 cm³/mol. The van der Waals surface area contributed by atoms with Crippen LogP contribution in [0, 0.1) is 0 Å². The second kappa shape index (κ2) is 5.51. The summed E-state index contributed by atoms with van der Waals surface area (Å²) in [7, 11) is -3.32. The van der Waals surface area contributed by atoms with Crippen molar-refractivity contribution < 1.29 is 18.0 Å². The summed E-state index contributed by atoms with van der Waals surface area (Å²) in [5.41, 5.74) is 1.02. The molecule has 1 fully saturated rings. The fraction of sp³-hybridized carbons (Fsp3) is 0.125. The Hall–Kier alpha value is -2.67. The zero-order valence-corrected chi connectivity index (χ0v) is 13.2. The lowest BCUT2D eigenvalue weighted by Crippen LogP contribution is -2.41. The van der Waals surface area contributed by atoms with Crippen LogP contribution in [0.1, 0.15) is 6.42 Å². The van der Waals surface area contributed by atoms with Crippen LogP contribution in [0.2, 0.25) is 0 Å². The van der Waals surface area contributed by atoms with Gasteiger partial charge in [0, 0.05) is 6.26 Å². The van der Waals surface area contributed by atoms with E-state index in [9.17, 15) is 18.0 Å². The van der Waals surface area contributed by atoms with E-state index in [1.165, 1.54) is 34.3 Å². The lowest BCUT2D eigenvalue weighted by molar-refractivity contribution is -0.121. The van der Waals surface area contributed by atoms with E-state index >= 15 is 0 Å². The van der Waals surface area contributed by atoms with Crippen molar-refractivity contribution in [2.24, 2.45) is 0 Å². The van der Waals surface area contributed by atoms with E-state index in [-0.39, 0.29) is 23.1 Å². The molecule has 0 radical (unpaired) electrons. The number of carbonyl (C=O) groups excluding carboxylic acids is 2. The molecular formula is C16H14N2O4S. The molecule has 0 N–H and O–H groups in total. The Kier molecular flexibility index (Phi) is 3.65. The minimum absolute atomic E-state index is 0.158. The van der Waals surface area contributed by atoms with E-state index in [2.05, 4.69) is 0 Å². The first-order valence-electron chi connectivity index (χ1n) is 6.89. The van der Waals surface area contributed by atoms with Gasteiger partial charge in [0.25, 0.3) is 11.8 Å². The molecule has 7 heteroatoms. The van der Waals surface area contributed by atoms with Crippen LogP contribution >= 0.6 is 0 Å². The third-order valence-corrected chi connectivity index (χ3v) is 4.61. The first-order chi connectivity index (χ1) is 10.9. The van der Waals surface area contributed by atoms with Gasteiger partial charge in [-0.3, -0.25) is 9.59 Å². The van der Waals surface area contributed by atoms with Gasteiger partial charge in [0.2, 0.25) is 0 Å². The highest BCUT2D eigenvalue weighted by atomic mass is 32.2. The SMILES string of the molecule is CS(=O)(=O)c1ccc(N2C(=O)CC(=O)N2c2ccccc2)cc1. The highest BCUT2D eigenvalue weighted by Crippen LogP contribution is 2.29. The fourth-order valence-corrected chi connectivity index (χ4v) is 3.06. The molecule has 2 aromatic rings. The van der Waals surface area contributed by atoms with E-state index in [4.69, 9.17) is 0 Å². The van der Waals surface area contributed by atoms with E-state index < -0.39 is 9.84 Å². The molecule has 1 aliphatic heterocycles. The minimum Gasteiger partial charge on any atom is -0.272 e. The maximum absolute atomic E-state index is 12.2. The third-order valence-electron chi connectivity index (χ3n) is 3.49. The zero-order chi connectivity index (χ0) is 16.6. The standard InChI is InChI=1S/C16H14N2O4S/c1-23(21,22)14-9-7-13(8-10-14)18-16(20)11-15(19)17(18)12-5-3-2-4-6-12/h2-10H,11H2,1H3. The molecule has 0 bridgehead atoms. The van der Waals surface area contributed by atoms with Crippen LogP contribution in [0.15, 0.2) is 59.5 Å². The van der Waals surface area contributed by atoms with Crippen molar-refractivity contribution in [3.05, 3.63) is 54.6 Å². The van der Waals surface area contributed by atoms with Crippen molar-refractivity contribution in [1.29, 1.82) is 0 Å². The Balaban J connectivity index is 2.02. The van der Waals surface area contributed by atoms with Gasteiger partial charge in [-0.15, -0.1) is 0 Å². The van der Waals surface area contributed by atoms with Gasteiger partial charge in [-0.1, -0.05) is 18.2 Å². The highest BCUT2D eigenvalue weighted by molar-refractivity contribution is 7.90. The number of hydrogen-bond donors (Lipinski definition) is 0. The monoisotopic (exact) mass is 330 g/mol. The highest BCUT2D eigenvalue weighted by Gasteiger charge is 2.37. The summed E-state index contributed by atoms with van der Waals surface area (Å²) in [5.74, 6) is -0.681. The largest absolute Gasteiger partial charge is 0.272 e. The molecule has 0 aromatic heterocycles. The zero-order valence-electron chi connectivity index (χ0n) is 12.3. The lowest BCUT2D eigenvalue weighted by Gasteiger charge is -2.27. The van der Waals surface area contributed by atoms with E-state index in [0.717, 1.165) is 6.26 Å². The second-order valence-electron chi connectivity index (χ2n) is 5.19. The summed E-state index contributed by atoms with van der Waals surface area (Å²) in [4.78, 5) is 24.5. The van der Waals surface area contributed by atoms with Crippen LogP contribution in [0.25, 0.3) is 0 Å². The van der Waals surface area contributed by atoms with Crippen molar-refractivity contribution in [2.75, 3.05) is 16.3 Å². The molecule has 3 rings (SSSR count). The number of anilines is 2. The normalized spacial score (nSPS) is 15.3. The third kappa shape index (κ3) is 2.83. The number of hydrogen-bond acceptors (Lipinski definition) is 4. The van der Waals surface area contributed by atoms with Crippen molar-refractivity contribution >= 4 is 33.0 Å². The number of amides is 2. The van der Waals surface area contributed by atoms with Gasteiger partial charge < -0.3 is 0 Å². The number of para-hydroxylation sites is 1. The molecule has 6 nitrogen and oxygen atoms in total. The van der Waals surface area contributed by atoms with E-state index in [1.807, 2.05) is 6.07 Å². The van der Waals surface area contributed by atoms with Gasteiger partial charge in [0.1, 0.15) is 6.42 Å². The number of benzene rings is 2. The van der Waals surface area contributed by atoms with Crippen molar-refractivity contribution in [3.8, 4) is 0 Å². The van der Waals surface area contributed by atoms with Crippen LogP contribution in [0.5, 0.6) is 0 Å². The van der Waals surface area contributed by atoms with E-state index in [0.29, 0.717) is 11.4 Å². The molecule has 1 aliphatic rings. The lowest BCUT2D eigenvalue weighted by atomic mass is 10.3. The summed E-state index contributed by atoms with van der Waals surface area (Å²) < 4.78 is 23.0. The van der Waals surface area contributed by atoms with Crippen LogP contribution < -0.4 is 10.0 Å². The Labute approximate surface area is 133 Å². The molecule has 118 valence electrons. The maximum atomic E-state index is 12.2. The van der Waals surface area contributed by atoms with Crippen LogP contribution in [0.4, 0.5) is 11.4 Å². The molecule has 0 aliphatic carbocycles. The Morgan fingerprint density at radius 2 is 1.26 bits per heavy atom. The fourth-order valence-electron chi connectivity index (χ4n) is 2.42. The first-order valence-corrected chi connectivity index (χ1v) is 8.78. The maximum Gasteiger partial charge on any atom is 0.255 e. The van der Waals surface area contributed by atoms with Gasteiger partial charge in [0.05, 0.1) is 16.3 Å². The minimum atomic E-state index is -3.32. The topological polar surface area (TPSA) is 74.8 Å². The number of hydrazine groups is 1. The van der Waals surface area contributed by atoms with Crippen molar-refractivity contribution in [1.82, 2.24) is 0 Å². The quantitative estimate of drug-likeness (QED) is 0.804. The van der Waals surface area contributed by atoms with Gasteiger partial charge in [-0.05, 0) is 36.4 Å². The smallest absolute Gasteiger partial charge is 0.255 e. The summed E-state index contributed by atoms with van der Waals surface area (Å²) in [5, 5.41) is 2.57. The Morgan fingerprint density at radius 3 is 1.74 bits per heavy atom. The van der Waals surface area contributed by atoms with Gasteiger partial charge in [-0.2, -0.15) is 0 Å². The Morgan fingerprint density at radius 1 is 0.783 bits per heavy atom. The molecule has 1 saturated heterocycles. The number of rotatable bonds is 3. The van der Waals surface area contributed by atoms with Gasteiger partial charge in [0.15, 0.2) is 9.84 Å². The predicted octanol–water partition coefficient (Wildman–Crippen LogP) is 1.78. The molecule has 2 amide bonds. The first kappa shape index (κ1) is 15.2. The summed E-state index contributed by atoms with van der Waals surface area (Å²) in [6, 6.07) is 14.7. The number of carbonyl (C=O) groups is 2. The number of sulfone groups is 1. The summed E-state index contributed by atoms with van der Waals surface area (Å²) in [6.45, 7) is 0. The van der Waals surface area contributed by atoms with Crippen LogP contribution in [-0.2, 0) is 19.4 Å².